The van der Waals surface area contributed by atoms with Crippen molar-refractivity contribution in [3.63, 3.8) is 0 Å². The average molecular weight is 396 g/mol. The van der Waals surface area contributed by atoms with Gasteiger partial charge in [-0.05, 0) is 29.3 Å². The molecule has 4 rings (SSSR count). The maximum atomic E-state index is 12.3. The average Bonchev–Trinajstić information content (AvgIpc) is 3.30. The summed E-state index contributed by atoms with van der Waals surface area (Å²) in [6, 6.07) is 27.3. The number of aromatic nitrogens is 2. The number of methoxy groups -OCH3 is 1. The van der Waals surface area contributed by atoms with Gasteiger partial charge in [0, 0.05) is 11.1 Å². The lowest BCUT2D eigenvalue weighted by Crippen LogP contribution is -2.18. The Bertz CT molecular complexity index is 1170. The van der Waals surface area contributed by atoms with Crippen LogP contribution >= 0.6 is 0 Å². The van der Waals surface area contributed by atoms with Gasteiger partial charge in [0.25, 0.3) is 5.91 Å². The summed E-state index contributed by atoms with van der Waals surface area (Å²) in [4.78, 5) is 12.3. The second-order valence-electron chi connectivity index (χ2n) is 6.55. The zero-order valence-electron chi connectivity index (χ0n) is 16.4. The predicted molar refractivity (Wildman–Crippen MR) is 118 cm³/mol. The molecule has 30 heavy (non-hydrogen) atoms. The first-order valence-electron chi connectivity index (χ1n) is 9.42. The second kappa shape index (κ2) is 8.87. The largest absolute Gasteiger partial charge is 0.496 e. The Morgan fingerprint density at radius 2 is 1.60 bits per heavy atom. The van der Waals surface area contributed by atoms with Gasteiger partial charge in [-0.3, -0.25) is 9.89 Å². The van der Waals surface area contributed by atoms with E-state index < -0.39 is 0 Å². The first kappa shape index (κ1) is 19.1. The summed E-state index contributed by atoms with van der Waals surface area (Å²) >= 11 is 0. The smallest absolute Gasteiger partial charge is 0.289 e. The van der Waals surface area contributed by atoms with Crippen molar-refractivity contribution in [3.8, 4) is 28.1 Å². The van der Waals surface area contributed by atoms with Crippen LogP contribution in [-0.2, 0) is 0 Å². The number of H-pyrrole nitrogens is 1. The molecule has 2 N–H and O–H groups in total. The van der Waals surface area contributed by atoms with Gasteiger partial charge in [0.1, 0.15) is 11.4 Å². The predicted octanol–water partition coefficient (Wildman–Crippen LogP) is 4.52. The van der Waals surface area contributed by atoms with Crippen molar-refractivity contribution in [2.75, 3.05) is 7.11 Å². The number of hydrazone groups is 1. The van der Waals surface area contributed by atoms with Crippen molar-refractivity contribution < 1.29 is 9.53 Å². The van der Waals surface area contributed by atoms with E-state index >= 15 is 0 Å². The summed E-state index contributed by atoms with van der Waals surface area (Å²) in [5, 5.41) is 11.0. The van der Waals surface area contributed by atoms with Crippen LogP contribution in [0.2, 0.25) is 0 Å². The van der Waals surface area contributed by atoms with Crippen LogP contribution in [0.4, 0.5) is 0 Å². The Kier molecular flexibility index (Phi) is 5.66. The summed E-state index contributed by atoms with van der Waals surface area (Å²) < 4.78 is 5.26. The zero-order chi connectivity index (χ0) is 20.8. The SMILES string of the molecule is COc1ccccc1/C=N\NC(=O)c1cc(-c2ccc(-c3ccccc3)cc2)n[nH]1. The quantitative estimate of drug-likeness (QED) is 0.372. The number of rotatable bonds is 6. The monoisotopic (exact) mass is 396 g/mol. The number of para-hydroxylation sites is 1. The van der Waals surface area contributed by atoms with Gasteiger partial charge < -0.3 is 4.74 Å². The van der Waals surface area contributed by atoms with Gasteiger partial charge in [-0.2, -0.15) is 10.2 Å². The van der Waals surface area contributed by atoms with Crippen molar-refractivity contribution in [2.45, 2.75) is 0 Å². The molecule has 0 aliphatic heterocycles. The lowest BCUT2D eigenvalue weighted by Gasteiger charge is -2.03. The van der Waals surface area contributed by atoms with Gasteiger partial charge >= 0.3 is 0 Å². The van der Waals surface area contributed by atoms with Crippen molar-refractivity contribution in [1.29, 1.82) is 0 Å². The lowest BCUT2D eigenvalue weighted by atomic mass is 10.0. The molecule has 0 bridgehead atoms. The molecule has 0 fully saturated rings. The van der Waals surface area contributed by atoms with Crippen molar-refractivity contribution in [2.24, 2.45) is 5.10 Å². The number of aromatic amines is 1. The summed E-state index contributed by atoms with van der Waals surface area (Å²) in [6.07, 6.45) is 1.54. The van der Waals surface area contributed by atoms with Crippen molar-refractivity contribution in [3.05, 3.63) is 96.2 Å². The lowest BCUT2D eigenvalue weighted by molar-refractivity contribution is 0.0950. The number of nitrogens with zero attached hydrogens (tertiary/aromatic N) is 2. The molecule has 1 amide bonds. The van der Waals surface area contributed by atoms with E-state index in [4.69, 9.17) is 4.74 Å². The highest BCUT2D eigenvalue weighted by Gasteiger charge is 2.11. The van der Waals surface area contributed by atoms with Crippen LogP contribution in [0.25, 0.3) is 22.4 Å². The summed E-state index contributed by atoms with van der Waals surface area (Å²) in [5.41, 5.74) is 7.48. The van der Waals surface area contributed by atoms with Gasteiger partial charge in [0.2, 0.25) is 0 Å². The number of carbonyl (C=O) groups excluding carboxylic acids is 1. The molecule has 0 aliphatic carbocycles. The molecule has 4 aromatic rings. The zero-order valence-corrected chi connectivity index (χ0v) is 16.4. The van der Waals surface area contributed by atoms with Gasteiger partial charge in [0.05, 0.1) is 19.0 Å². The second-order valence-corrected chi connectivity index (χ2v) is 6.55. The Morgan fingerprint density at radius 1 is 0.933 bits per heavy atom. The van der Waals surface area contributed by atoms with Gasteiger partial charge in [0.15, 0.2) is 0 Å². The Morgan fingerprint density at radius 3 is 2.37 bits per heavy atom. The van der Waals surface area contributed by atoms with Crippen LogP contribution in [0.1, 0.15) is 16.1 Å². The van der Waals surface area contributed by atoms with E-state index in [1.54, 1.807) is 13.2 Å². The molecule has 6 nitrogen and oxygen atoms in total. The molecule has 6 heteroatoms. The third kappa shape index (κ3) is 4.28. The van der Waals surface area contributed by atoms with Gasteiger partial charge in [-0.25, -0.2) is 5.43 Å². The summed E-state index contributed by atoms with van der Waals surface area (Å²) in [6.45, 7) is 0. The van der Waals surface area contributed by atoms with Crippen molar-refractivity contribution in [1.82, 2.24) is 15.6 Å². The van der Waals surface area contributed by atoms with Crippen LogP contribution in [0, 0.1) is 0 Å². The Balaban J connectivity index is 1.43. The number of hydrogen-bond acceptors (Lipinski definition) is 4. The van der Waals surface area contributed by atoms with E-state index in [9.17, 15) is 4.79 Å². The number of amides is 1. The maximum absolute atomic E-state index is 12.3. The summed E-state index contributed by atoms with van der Waals surface area (Å²) in [7, 11) is 1.59. The van der Waals surface area contributed by atoms with Crippen LogP contribution in [0.3, 0.4) is 0 Å². The van der Waals surface area contributed by atoms with E-state index in [2.05, 4.69) is 32.9 Å². The Labute approximate surface area is 174 Å². The molecule has 0 aliphatic rings. The molecule has 148 valence electrons. The highest BCUT2D eigenvalue weighted by molar-refractivity contribution is 5.94. The fourth-order valence-electron chi connectivity index (χ4n) is 3.04. The molecule has 0 spiro atoms. The normalized spacial score (nSPS) is 10.8. The minimum absolute atomic E-state index is 0.328. The topological polar surface area (TPSA) is 79.4 Å². The molecule has 0 saturated heterocycles. The van der Waals surface area contributed by atoms with E-state index in [1.165, 1.54) is 6.21 Å². The number of hydrogen-bond donors (Lipinski definition) is 2. The third-order valence-electron chi connectivity index (χ3n) is 4.62. The number of benzene rings is 3. The van der Waals surface area contributed by atoms with Gasteiger partial charge in [-0.15, -0.1) is 0 Å². The van der Waals surface area contributed by atoms with E-state index in [0.29, 0.717) is 17.1 Å². The summed E-state index contributed by atoms with van der Waals surface area (Å²) in [5.74, 6) is 0.305. The van der Waals surface area contributed by atoms with E-state index in [0.717, 1.165) is 22.3 Å². The first-order valence-corrected chi connectivity index (χ1v) is 9.42. The van der Waals surface area contributed by atoms with Crippen LogP contribution in [0.5, 0.6) is 5.75 Å². The fraction of sp³-hybridized carbons (Fsp3) is 0.0417. The van der Waals surface area contributed by atoms with Gasteiger partial charge in [-0.1, -0.05) is 66.7 Å². The van der Waals surface area contributed by atoms with Crippen LogP contribution in [-0.4, -0.2) is 29.4 Å². The molecule has 0 unspecified atom stereocenters. The van der Waals surface area contributed by atoms with Crippen LogP contribution in [0.15, 0.2) is 90.0 Å². The number of carbonyl (C=O) groups is 1. The number of ether oxygens (including phenoxy) is 1. The number of nitrogens with one attached hydrogen (secondary N) is 2. The Hall–Kier alpha value is -4.19. The highest BCUT2D eigenvalue weighted by atomic mass is 16.5. The molecular formula is C24H20N4O2. The van der Waals surface area contributed by atoms with E-state index in [1.807, 2.05) is 66.7 Å². The van der Waals surface area contributed by atoms with Crippen molar-refractivity contribution >= 4 is 12.1 Å². The molecular weight excluding hydrogens is 376 g/mol. The maximum Gasteiger partial charge on any atom is 0.289 e. The van der Waals surface area contributed by atoms with Crippen LogP contribution < -0.4 is 10.2 Å². The molecule has 1 heterocycles. The minimum Gasteiger partial charge on any atom is -0.496 e. The molecule has 0 saturated carbocycles. The third-order valence-corrected chi connectivity index (χ3v) is 4.62. The minimum atomic E-state index is -0.374. The molecule has 0 atom stereocenters. The van der Waals surface area contributed by atoms with E-state index in [-0.39, 0.29) is 5.91 Å². The standard InChI is InChI=1S/C24H20N4O2/c1-30-23-10-6-5-9-20(23)16-25-28-24(29)22-15-21(26-27-22)19-13-11-18(12-14-19)17-7-3-2-4-8-17/h2-16H,1H3,(H,26,27)(H,28,29)/b25-16-. The molecule has 0 radical (unpaired) electrons. The fourth-order valence-corrected chi connectivity index (χ4v) is 3.04. The first-order chi connectivity index (χ1) is 14.7. The molecule has 3 aromatic carbocycles. The highest BCUT2D eigenvalue weighted by Crippen LogP contribution is 2.24. The molecule has 1 aromatic heterocycles.